The Morgan fingerprint density at radius 1 is 1.23 bits per heavy atom. The van der Waals surface area contributed by atoms with Gasteiger partial charge in [-0.1, -0.05) is 44.2 Å². The van der Waals surface area contributed by atoms with E-state index in [0.717, 1.165) is 17.7 Å². The fraction of sp³-hybridized carbons (Fsp3) is 0.522. The van der Waals surface area contributed by atoms with Gasteiger partial charge in [0.15, 0.2) is 0 Å². The molecule has 1 aliphatic heterocycles. The first kappa shape index (κ1) is 22.7. The number of nitrogens with zero attached hydrogens (tertiary/aromatic N) is 2. The van der Waals surface area contributed by atoms with E-state index < -0.39 is 23.8 Å². The van der Waals surface area contributed by atoms with Crippen molar-refractivity contribution in [3.8, 4) is 0 Å². The predicted octanol–water partition coefficient (Wildman–Crippen LogP) is 4.78. The van der Waals surface area contributed by atoms with Crippen molar-refractivity contribution in [2.24, 2.45) is 5.92 Å². The third kappa shape index (κ3) is 5.18. The molecule has 0 bridgehead atoms. The summed E-state index contributed by atoms with van der Waals surface area (Å²) in [5.74, 6) is -0.000869. The molecule has 0 aliphatic carbocycles. The van der Waals surface area contributed by atoms with Gasteiger partial charge in [0.05, 0.1) is 23.1 Å². The third-order valence-electron chi connectivity index (χ3n) is 5.37. The summed E-state index contributed by atoms with van der Waals surface area (Å²) in [6.07, 6.45) is -0.266. The van der Waals surface area contributed by atoms with E-state index in [2.05, 4.69) is 22.7 Å². The van der Waals surface area contributed by atoms with E-state index in [1.54, 1.807) is 20.8 Å². The summed E-state index contributed by atoms with van der Waals surface area (Å²) in [5.41, 5.74) is 2.25. The molecule has 168 valence electrons. The molecule has 8 nitrogen and oxygen atoms in total. The van der Waals surface area contributed by atoms with Crippen LogP contribution in [0.1, 0.15) is 64.0 Å². The van der Waals surface area contributed by atoms with Gasteiger partial charge in [0.1, 0.15) is 12.2 Å². The molecule has 0 unspecified atom stereocenters. The second kappa shape index (κ2) is 8.99. The van der Waals surface area contributed by atoms with Crippen LogP contribution in [0.25, 0.3) is 0 Å². The van der Waals surface area contributed by atoms with Gasteiger partial charge in [-0.3, -0.25) is 0 Å². The van der Waals surface area contributed by atoms with Gasteiger partial charge in [-0.2, -0.15) is 9.78 Å². The zero-order valence-electron chi connectivity index (χ0n) is 19.1. The van der Waals surface area contributed by atoms with Gasteiger partial charge in [0.2, 0.25) is 0 Å². The van der Waals surface area contributed by atoms with Crippen molar-refractivity contribution in [2.75, 3.05) is 5.32 Å². The first-order valence-corrected chi connectivity index (χ1v) is 10.7. The monoisotopic (exact) mass is 428 g/mol. The maximum absolute atomic E-state index is 12.9. The summed E-state index contributed by atoms with van der Waals surface area (Å²) >= 11 is 0. The zero-order chi connectivity index (χ0) is 22.8. The minimum Gasteiger partial charge on any atom is -0.445 e. The fourth-order valence-electron chi connectivity index (χ4n) is 3.82. The molecule has 1 aromatic carbocycles. The summed E-state index contributed by atoms with van der Waals surface area (Å²) in [6, 6.07) is 9.14. The van der Waals surface area contributed by atoms with E-state index in [9.17, 15) is 9.59 Å². The van der Waals surface area contributed by atoms with Crippen LogP contribution in [-0.4, -0.2) is 33.6 Å². The SMILES string of the molecule is CC[C@H]1Nc2c(C)nn(C(=O)OC(C)(C)C)c2[C@@H](NC(=O)OCc2ccccc2)[C@@H]1C. The number of anilines is 1. The molecular formula is C23H32N4O4. The Labute approximate surface area is 183 Å². The first-order valence-electron chi connectivity index (χ1n) is 10.7. The highest BCUT2D eigenvalue weighted by molar-refractivity contribution is 5.76. The van der Waals surface area contributed by atoms with Gasteiger partial charge in [-0.25, -0.2) is 9.59 Å². The lowest BCUT2D eigenvalue weighted by Crippen LogP contribution is -2.45. The predicted molar refractivity (Wildman–Crippen MR) is 118 cm³/mol. The lowest BCUT2D eigenvalue weighted by atomic mass is 9.85. The number of amides is 1. The second-order valence-electron chi connectivity index (χ2n) is 8.94. The summed E-state index contributed by atoms with van der Waals surface area (Å²) in [4.78, 5) is 25.5. The van der Waals surface area contributed by atoms with Crippen LogP contribution in [0.4, 0.5) is 15.3 Å². The highest BCUT2D eigenvalue weighted by Gasteiger charge is 2.40. The van der Waals surface area contributed by atoms with Gasteiger partial charge in [-0.15, -0.1) is 0 Å². The molecule has 8 heteroatoms. The molecule has 0 fully saturated rings. The topological polar surface area (TPSA) is 94.5 Å². The van der Waals surface area contributed by atoms with Crippen LogP contribution >= 0.6 is 0 Å². The average Bonchev–Trinajstić information content (AvgIpc) is 3.04. The molecule has 0 radical (unpaired) electrons. The van der Waals surface area contributed by atoms with Gasteiger partial charge >= 0.3 is 12.2 Å². The van der Waals surface area contributed by atoms with Crippen molar-refractivity contribution < 1.29 is 19.1 Å². The molecule has 0 saturated carbocycles. The number of aryl methyl sites for hydroxylation is 1. The van der Waals surface area contributed by atoms with Crippen LogP contribution < -0.4 is 10.6 Å². The van der Waals surface area contributed by atoms with Gasteiger partial charge in [-0.05, 0) is 39.7 Å². The number of carbonyl (C=O) groups is 2. The maximum Gasteiger partial charge on any atom is 0.435 e. The quantitative estimate of drug-likeness (QED) is 0.728. The van der Waals surface area contributed by atoms with Crippen LogP contribution in [0.15, 0.2) is 30.3 Å². The molecular weight excluding hydrogens is 396 g/mol. The molecule has 2 N–H and O–H groups in total. The molecule has 1 aliphatic rings. The van der Waals surface area contributed by atoms with E-state index in [-0.39, 0.29) is 18.6 Å². The number of alkyl carbamates (subject to hydrolysis) is 1. The lowest BCUT2D eigenvalue weighted by molar-refractivity contribution is 0.0500. The smallest absolute Gasteiger partial charge is 0.435 e. The molecule has 1 amide bonds. The zero-order valence-corrected chi connectivity index (χ0v) is 19.1. The van der Waals surface area contributed by atoms with Crippen molar-refractivity contribution in [2.45, 2.75) is 72.3 Å². The number of ether oxygens (including phenoxy) is 2. The van der Waals surface area contributed by atoms with Gasteiger partial charge in [0.25, 0.3) is 0 Å². The fourth-order valence-corrected chi connectivity index (χ4v) is 3.82. The van der Waals surface area contributed by atoms with Gasteiger partial charge in [0, 0.05) is 12.0 Å². The molecule has 2 aromatic rings. The van der Waals surface area contributed by atoms with E-state index in [4.69, 9.17) is 9.47 Å². The molecule has 2 heterocycles. The van der Waals surface area contributed by atoms with Crippen LogP contribution in [0.3, 0.4) is 0 Å². The Bertz CT molecular complexity index is 933. The minimum atomic E-state index is -0.666. The van der Waals surface area contributed by atoms with Crippen LogP contribution in [0.2, 0.25) is 0 Å². The van der Waals surface area contributed by atoms with Crippen molar-refractivity contribution in [1.29, 1.82) is 0 Å². The number of carbonyl (C=O) groups excluding carboxylic acids is 2. The first-order chi connectivity index (χ1) is 14.6. The van der Waals surface area contributed by atoms with Gasteiger partial charge < -0.3 is 20.1 Å². The number of nitrogens with one attached hydrogen (secondary N) is 2. The highest BCUT2D eigenvalue weighted by atomic mass is 16.6. The van der Waals surface area contributed by atoms with E-state index in [1.165, 1.54) is 4.68 Å². The van der Waals surface area contributed by atoms with E-state index >= 15 is 0 Å². The summed E-state index contributed by atoms with van der Waals surface area (Å²) in [5, 5.41) is 10.9. The van der Waals surface area contributed by atoms with E-state index in [0.29, 0.717) is 11.4 Å². The highest BCUT2D eigenvalue weighted by Crippen LogP contribution is 2.39. The van der Waals surface area contributed by atoms with Crippen molar-refractivity contribution in [1.82, 2.24) is 15.1 Å². The van der Waals surface area contributed by atoms with Crippen LogP contribution in [0, 0.1) is 12.8 Å². The molecule has 1 aromatic heterocycles. The summed E-state index contributed by atoms with van der Waals surface area (Å²) in [6.45, 7) is 11.5. The standard InChI is InChI=1S/C23H32N4O4/c1-7-17-14(2)18(25-21(28)30-13-16-11-9-8-10-12-16)20-19(24-17)15(3)26-27(20)22(29)31-23(4,5)6/h8-12,14,17-18,24H,7,13H2,1-6H3,(H,25,28)/t14-,17-,18+/m1/s1. The number of aromatic nitrogens is 2. The normalized spacial score (nSPS) is 20.4. The number of rotatable bonds is 4. The Morgan fingerprint density at radius 3 is 2.52 bits per heavy atom. The minimum absolute atomic E-state index is 0.000869. The van der Waals surface area contributed by atoms with Crippen LogP contribution in [-0.2, 0) is 16.1 Å². The van der Waals surface area contributed by atoms with E-state index in [1.807, 2.05) is 44.2 Å². The molecule has 31 heavy (non-hydrogen) atoms. The van der Waals surface area contributed by atoms with Crippen molar-refractivity contribution in [3.63, 3.8) is 0 Å². The number of hydrogen-bond acceptors (Lipinski definition) is 6. The second-order valence-corrected chi connectivity index (χ2v) is 8.94. The maximum atomic E-state index is 12.9. The Morgan fingerprint density at radius 2 is 1.90 bits per heavy atom. The third-order valence-corrected chi connectivity index (χ3v) is 5.37. The molecule has 3 rings (SSSR count). The summed E-state index contributed by atoms with van der Waals surface area (Å²) in [7, 11) is 0. The van der Waals surface area contributed by atoms with Crippen LogP contribution in [0.5, 0.6) is 0 Å². The lowest BCUT2D eigenvalue weighted by Gasteiger charge is -2.37. The number of fused-ring (bicyclic) bond motifs is 1. The molecule has 0 saturated heterocycles. The Hall–Kier alpha value is -3.03. The Balaban J connectivity index is 1.87. The molecule has 0 spiro atoms. The summed E-state index contributed by atoms with van der Waals surface area (Å²) < 4.78 is 12.2. The number of benzene rings is 1. The number of hydrogen-bond donors (Lipinski definition) is 2. The largest absolute Gasteiger partial charge is 0.445 e. The van der Waals surface area contributed by atoms with Crippen molar-refractivity contribution in [3.05, 3.63) is 47.3 Å². The van der Waals surface area contributed by atoms with Crippen molar-refractivity contribution >= 4 is 17.9 Å². The molecule has 3 atom stereocenters. The Kier molecular flexibility index (Phi) is 6.57. The average molecular weight is 429 g/mol.